The number of thioether (sulfide) groups is 1. The van der Waals surface area contributed by atoms with E-state index in [0.29, 0.717) is 13.1 Å². The third-order valence-electron chi connectivity index (χ3n) is 4.95. The summed E-state index contributed by atoms with van der Waals surface area (Å²) in [4.78, 5) is 14.8. The van der Waals surface area contributed by atoms with Crippen molar-refractivity contribution in [1.82, 2.24) is 4.72 Å². The second-order valence-corrected chi connectivity index (χ2v) is 10.2. The van der Waals surface area contributed by atoms with Crippen LogP contribution < -0.4 is 14.5 Å². The van der Waals surface area contributed by atoms with Gasteiger partial charge in [0, 0.05) is 48.7 Å². The average molecular weight is 419 g/mol. The number of hydrogen-bond acceptors (Lipinski definition) is 6. The molecule has 4 rings (SSSR count). The third kappa shape index (κ3) is 3.59. The molecule has 1 unspecified atom stereocenters. The first-order valence-electron chi connectivity index (χ1n) is 8.40. The normalized spacial score (nSPS) is 24.0. The van der Waals surface area contributed by atoms with Crippen molar-refractivity contribution < 1.29 is 26.7 Å². The predicted molar refractivity (Wildman–Crippen MR) is 98.8 cm³/mol. The lowest BCUT2D eigenvalue weighted by Crippen LogP contribution is -2.63. The molecule has 27 heavy (non-hydrogen) atoms. The molecule has 0 saturated carbocycles. The van der Waals surface area contributed by atoms with Crippen LogP contribution in [-0.4, -0.2) is 64.6 Å². The highest BCUT2D eigenvalue weighted by molar-refractivity contribution is 8.00. The van der Waals surface area contributed by atoms with Gasteiger partial charge in [0.25, 0.3) is 0 Å². The maximum Gasteiger partial charge on any atom is 0.414 e. The SMILES string of the molecule is CS(=O)(=O)NCC1CN(c2cc(F)c(N3CC4(CSC4)C3)c(F)c2)C(=O)O1. The number of nitrogens with zero attached hydrogens (tertiary/aromatic N) is 2. The van der Waals surface area contributed by atoms with Crippen molar-refractivity contribution in [2.24, 2.45) is 5.41 Å². The Morgan fingerprint density at radius 2 is 1.93 bits per heavy atom. The molecule has 3 heterocycles. The number of sulfonamides is 1. The van der Waals surface area contributed by atoms with E-state index in [-0.39, 0.29) is 29.9 Å². The van der Waals surface area contributed by atoms with Crippen molar-refractivity contribution in [3.05, 3.63) is 23.8 Å². The van der Waals surface area contributed by atoms with E-state index < -0.39 is 33.9 Å². The summed E-state index contributed by atoms with van der Waals surface area (Å²) in [6.07, 6.45) is -0.506. The molecular formula is C16H19F2N3O4S2. The topological polar surface area (TPSA) is 79.0 Å². The van der Waals surface area contributed by atoms with E-state index in [1.807, 2.05) is 11.8 Å². The lowest BCUT2D eigenvalue weighted by atomic mass is 9.82. The Morgan fingerprint density at radius 3 is 2.44 bits per heavy atom. The number of carbonyl (C=O) groups is 1. The highest BCUT2D eigenvalue weighted by atomic mass is 32.2. The van der Waals surface area contributed by atoms with E-state index in [1.54, 1.807) is 4.90 Å². The molecule has 3 aliphatic heterocycles. The van der Waals surface area contributed by atoms with E-state index in [9.17, 15) is 22.0 Å². The molecule has 1 atom stereocenters. The molecule has 1 aromatic rings. The number of benzene rings is 1. The molecule has 0 radical (unpaired) electrons. The number of nitrogens with one attached hydrogen (secondary N) is 1. The van der Waals surface area contributed by atoms with Crippen molar-refractivity contribution in [1.29, 1.82) is 0 Å². The number of rotatable bonds is 5. The van der Waals surface area contributed by atoms with Gasteiger partial charge < -0.3 is 9.64 Å². The maximum absolute atomic E-state index is 14.6. The number of amides is 1. The number of halogens is 2. The number of cyclic esters (lactones) is 1. The van der Waals surface area contributed by atoms with Gasteiger partial charge in [0.2, 0.25) is 10.0 Å². The molecule has 1 spiro atoms. The lowest BCUT2D eigenvalue weighted by molar-refractivity contribution is 0.143. The first-order chi connectivity index (χ1) is 12.7. The minimum Gasteiger partial charge on any atom is -0.443 e. The molecule has 1 amide bonds. The maximum atomic E-state index is 14.6. The fourth-order valence-corrected chi connectivity index (χ4v) is 5.22. The zero-order chi connectivity index (χ0) is 19.4. The van der Waals surface area contributed by atoms with E-state index in [0.717, 1.165) is 34.8 Å². The van der Waals surface area contributed by atoms with Crippen molar-refractivity contribution in [3.8, 4) is 0 Å². The van der Waals surface area contributed by atoms with Crippen LogP contribution in [0, 0.1) is 17.0 Å². The van der Waals surface area contributed by atoms with Crippen LogP contribution in [0.5, 0.6) is 0 Å². The molecule has 1 N–H and O–H groups in total. The van der Waals surface area contributed by atoms with E-state index in [1.165, 1.54) is 0 Å². The van der Waals surface area contributed by atoms with Gasteiger partial charge in [-0.15, -0.1) is 0 Å². The van der Waals surface area contributed by atoms with Crippen molar-refractivity contribution in [3.63, 3.8) is 0 Å². The Balaban J connectivity index is 1.47. The van der Waals surface area contributed by atoms with Crippen LogP contribution in [0.4, 0.5) is 25.0 Å². The Kier molecular flexibility index (Phi) is 4.51. The second-order valence-electron chi connectivity index (χ2n) is 7.34. The molecule has 3 aliphatic rings. The standard InChI is InChI=1S/C16H19F2N3O4S2/c1-27(23,24)19-4-11-5-21(15(22)25-11)10-2-12(17)14(13(18)3-10)20-6-16(7-20)8-26-9-16/h2-3,11,19H,4-9H2,1H3. The smallest absolute Gasteiger partial charge is 0.414 e. The molecule has 0 aliphatic carbocycles. The summed E-state index contributed by atoms with van der Waals surface area (Å²) in [7, 11) is -3.43. The summed E-state index contributed by atoms with van der Waals surface area (Å²) >= 11 is 1.84. The van der Waals surface area contributed by atoms with Gasteiger partial charge >= 0.3 is 6.09 Å². The van der Waals surface area contributed by atoms with Gasteiger partial charge in [-0.05, 0) is 0 Å². The van der Waals surface area contributed by atoms with Crippen LogP contribution in [0.2, 0.25) is 0 Å². The highest BCUT2D eigenvalue weighted by Gasteiger charge is 2.49. The number of anilines is 2. The van der Waals surface area contributed by atoms with Gasteiger partial charge in [0.15, 0.2) is 11.6 Å². The largest absolute Gasteiger partial charge is 0.443 e. The first-order valence-corrected chi connectivity index (χ1v) is 11.4. The summed E-state index contributed by atoms with van der Waals surface area (Å²) < 4.78 is 58.8. The van der Waals surface area contributed by atoms with Crippen LogP contribution in [0.25, 0.3) is 0 Å². The molecular weight excluding hydrogens is 400 g/mol. The molecule has 3 fully saturated rings. The Morgan fingerprint density at radius 1 is 1.30 bits per heavy atom. The van der Waals surface area contributed by atoms with Gasteiger partial charge in [0.05, 0.1) is 18.5 Å². The minimum absolute atomic E-state index is 0.00360. The number of carbonyl (C=O) groups excluding carboxylic acids is 1. The van der Waals surface area contributed by atoms with Gasteiger partial charge in [-0.1, -0.05) is 0 Å². The molecule has 0 bridgehead atoms. The minimum atomic E-state index is -3.43. The van der Waals surface area contributed by atoms with E-state index in [2.05, 4.69) is 4.72 Å². The van der Waals surface area contributed by atoms with Crippen LogP contribution in [0.3, 0.4) is 0 Å². The number of hydrogen-bond donors (Lipinski definition) is 1. The Bertz CT molecular complexity index is 861. The van der Waals surface area contributed by atoms with Gasteiger partial charge in [-0.2, -0.15) is 11.8 Å². The fourth-order valence-electron chi connectivity index (χ4n) is 3.59. The summed E-state index contributed by atoms with van der Waals surface area (Å²) in [6.45, 7) is 1.18. The summed E-state index contributed by atoms with van der Waals surface area (Å²) in [6, 6.07) is 2.24. The monoisotopic (exact) mass is 419 g/mol. The summed E-state index contributed by atoms with van der Waals surface area (Å²) in [5.41, 5.74) is 0.181. The van der Waals surface area contributed by atoms with E-state index >= 15 is 0 Å². The molecule has 148 valence electrons. The van der Waals surface area contributed by atoms with Crippen LogP contribution in [0.15, 0.2) is 12.1 Å². The van der Waals surface area contributed by atoms with Crippen LogP contribution >= 0.6 is 11.8 Å². The van der Waals surface area contributed by atoms with Gasteiger partial charge in [0.1, 0.15) is 11.8 Å². The summed E-state index contributed by atoms with van der Waals surface area (Å²) in [5.74, 6) is 0.593. The Hall–Kier alpha value is -1.59. The average Bonchev–Trinajstić information content (AvgIpc) is 2.85. The molecule has 7 nitrogen and oxygen atoms in total. The van der Waals surface area contributed by atoms with Crippen molar-refractivity contribution in [2.75, 3.05) is 53.7 Å². The lowest BCUT2D eigenvalue weighted by Gasteiger charge is -2.56. The van der Waals surface area contributed by atoms with Crippen LogP contribution in [-0.2, 0) is 14.8 Å². The Labute approximate surface area is 160 Å². The number of ether oxygens (including phenoxy) is 1. The van der Waals surface area contributed by atoms with Gasteiger partial charge in [-0.3, -0.25) is 4.90 Å². The molecule has 3 saturated heterocycles. The summed E-state index contributed by atoms with van der Waals surface area (Å²) in [5, 5.41) is 0. The van der Waals surface area contributed by atoms with Crippen LogP contribution in [0.1, 0.15) is 0 Å². The zero-order valence-electron chi connectivity index (χ0n) is 14.6. The van der Waals surface area contributed by atoms with Crippen molar-refractivity contribution >= 4 is 39.3 Å². The highest BCUT2D eigenvalue weighted by Crippen LogP contribution is 2.48. The van der Waals surface area contributed by atoms with Crippen molar-refractivity contribution in [2.45, 2.75) is 6.10 Å². The molecule has 1 aromatic carbocycles. The molecule has 0 aromatic heterocycles. The third-order valence-corrected chi connectivity index (χ3v) is 7.27. The van der Waals surface area contributed by atoms with E-state index in [4.69, 9.17) is 4.74 Å². The first kappa shape index (κ1) is 18.8. The van der Waals surface area contributed by atoms with Gasteiger partial charge in [-0.25, -0.2) is 26.7 Å². The predicted octanol–water partition coefficient (Wildman–Crippen LogP) is 1.39. The fraction of sp³-hybridized carbons (Fsp3) is 0.562. The zero-order valence-corrected chi connectivity index (χ0v) is 16.2. The molecule has 11 heteroatoms. The quantitative estimate of drug-likeness (QED) is 0.777. The second kappa shape index (κ2) is 6.49.